The first kappa shape index (κ1) is 18.1. The summed E-state index contributed by atoms with van der Waals surface area (Å²) in [5.41, 5.74) is 0.960. The van der Waals surface area contributed by atoms with E-state index in [-0.39, 0.29) is 24.0 Å². The Morgan fingerprint density at radius 3 is 2.73 bits per heavy atom. The number of methoxy groups -OCH3 is 1. The molecule has 0 aliphatic heterocycles. The average Bonchev–Trinajstić information content (AvgIpc) is 2.93. The number of nitrogens with one attached hydrogen (secondary N) is 2. The van der Waals surface area contributed by atoms with Gasteiger partial charge in [-0.2, -0.15) is 5.10 Å². The molecular weight excluding hydrogens is 397 g/mol. The third-order valence-electron chi connectivity index (χ3n) is 2.93. The van der Waals surface area contributed by atoms with Crippen molar-refractivity contribution >= 4 is 29.9 Å². The van der Waals surface area contributed by atoms with Gasteiger partial charge in [0.2, 0.25) is 5.88 Å². The maximum atomic E-state index is 5.21. The lowest BCUT2D eigenvalue weighted by atomic mass is 10.3. The van der Waals surface area contributed by atoms with Crippen LogP contribution in [-0.2, 0) is 20.1 Å². The van der Waals surface area contributed by atoms with Crippen LogP contribution < -0.4 is 15.4 Å². The van der Waals surface area contributed by atoms with Crippen molar-refractivity contribution in [2.45, 2.75) is 13.1 Å². The first-order valence-electron chi connectivity index (χ1n) is 6.50. The molecule has 0 amide bonds. The summed E-state index contributed by atoms with van der Waals surface area (Å²) in [6, 6.07) is 3.82. The van der Waals surface area contributed by atoms with E-state index in [0.717, 1.165) is 11.4 Å². The Bertz CT molecular complexity index is 614. The van der Waals surface area contributed by atoms with E-state index in [9.17, 15) is 0 Å². The molecule has 2 rings (SSSR count). The smallest absolute Gasteiger partial charge is 0.218 e. The van der Waals surface area contributed by atoms with Crippen LogP contribution in [0.1, 0.15) is 11.4 Å². The normalized spacial score (nSPS) is 10.8. The van der Waals surface area contributed by atoms with E-state index < -0.39 is 0 Å². The zero-order valence-electron chi connectivity index (χ0n) is 12.8. The molecular formula is C13H20IN7O. The number of hydrogen-bond acceptors (Lipinski definition) is 5. The van der Waals surface area contributed by atoms with Crippen molar-refractivity contribution in [2.24, 2.45) is 12.0 Å². The largest absolute Gasteiger partial charge is 0.481 e. The standard InChI is InChI=1S/C13H19N7O.HI/c1-14-13(17-8-11-18-9-19-20(11)2)16-7-10-5-4-6-15-12(10)21-3;/h4-6,9H,7-8H2,1-3H3,(H2,14,16,17);1H. The van der Waals surface area contributed by atoms with Crippen molar-refractivity contribution in [1.82, 2.24) is 30.4 Å². The topological polar surface area (TPSA) is 89.2 Å². The van der Waals surface area contributed by atoms with Gasteiger partial charge in [0, 0.05) is 32.4 Å². The number of nitrogens with zero attached hydrogens (tertiary/aromatic N) is 5. The summed E-state index contributed by atoms with van der Waals surface area (Å²) in [6.45, 7) is 1.11. The number of guanidine groups is 1. The Morgan fingerprint density at radius 1 is 1.32 bits per heavy atom. The highest BCUT2D eigenvalue weighted by atomic mass is 127. The third-order valence-corrected chi connectivity index (χ3v) is 2.93. The molecule has 2 aromatic rings. The van der Waals surface area contributed by atoms with E-state index in [0.29, 0.717) is 24.9 Å². The summed E-state index contributed by atoms with van der Waals surface area (Å²) in [7, 11) is 5.17. The summed E-state index contributed by atoms with van der Waals surface area (Å²) in [6.07, 6.45) is 3.22. The van der Waals surface area contributed by atoms with Crippen LogP contribution in [0.25, 0.3) is 0 Å². The minimum absolute atomic E-state index is 0. The van der Waals surface area contributed by atoms with E-state index in [1.807, 2.05) is 19.2 Å². The molecule has 2 heterocycles. The first-order valence-corrected chi connectivity index (χ1v) is 6.50. The molecule has 0 spiro atoms. The maximum Gasteiger partial charge on any atom is 0.218 e. The van der Waals surface area contributed by atoms with Crippen LogP contribution in [0.2, 0.25) is 0 Å². The Balaban J connectivity index is 0.00000242. The van der Waals surface area contributed by atoms with Gasteiger partial charge < -0.3 is 15.4 Å². The molecule has 0 bridgehead atoms. The number of aliphatic imine (C=N–C) groups is 1. The molecule has 0 saturated carbocycles. The molecule has 120 valence electrons. The fraction of sp³-hybridized carbons (Fsp3) is 0.385. The number of aromatic nitrogens is 4. The van der Waals surface area contributed by atoms with Gasteiger partial charge in [-0.25, -0.2) is 9.97 Å². The van der Waals surface area contributed by atoms with Gasteiger partial charge in [0.1, 0.15) is 12.2 Å². The highest BCUT2D eigenvalue weighted by Crippen LogP contribution is 2.12. The lowest BCUT2D eigenvalue weighted by Crippen LogP contribution is -2.37. The van der Waals surface area contributed by atoms with Crippen LogP contribution in [0.15, 0.2) is 29.6 Å². The second-order valence-corrected chi connectivity index (χ2v) is 4.25. The van der Waals surface area contributed by atoms with E-state index in [2.05, 4.69) is 30.7 Å². The first-order chi connectivity index (χ1) is 10.2. The predicted octanol–water partition coefficient (Wildman–Crippen LogP) is 0.702. The summed E-state index contributed by atoms with van der Waals surface area (Å²) >= 11 is 0. The van der Waals surface area contributed by atoms with Crippen LogP contribution in [0, 0.1) is 0 Å². The van der Waals surface area contributed by atoms with Gasteiger partial charge in [0.25, 0.3) is 0 Å². The van der Waals surface area contributed by atoms with E-state index in [1.54, 1.807) is 25.0 Å². The molecule has 0 aliphatic rings. The number of pyridine rings is 1. The minimum atomic E-state index is 0. The molecule has 0 unspecified atom stereocenters. The zero-order valence-corrected chi connectivity index (χ0v) is 15.1. The Morgan fingerprint density at radius 2 is 2.09 bits per heavy atom. The molecule has 8 nitrogen and oxygen atoms in total. The second kappa shape index (κ2) is 9.18. The van der Waals surface area contributed by atoms with Gasteiger partial charge in [-0.05, 0) is 6.07 Å². The molecule has 0 radical (unpaired) electrons. The van der Waals surface area contributed by atoms with Gasteiger partial charge >= 0.3 is 0 Å². The fourth-order valence-corrected chi connectivity index (χ4v) is 1.78. The van der Waals surface area contributed by atoms with Crippen LogP contribution in [-0.4, -0.2) is 39.9 Å². The van der Waals surface area contributed by atoms with E-state index in [1.165, 1.54) is 6.33 Å². The van der Waals surface area contributed by atoms with Crippen molar-refractivity contribution in [3.05, 3.63) is 36.0 Å². The Kier molecular flexibility index (Phi) is 7.57. The Labute approximate surface area is 146 Å². The van der Waals surface area contributed by atoms with Crippen molar-refractivity contribution in [3.8, 4) is 5.88 Å². The minimum Gasteiger partial charge on any atom is -0.481 e. The highest BCUT2D eigenvalue weighted by molar-refractivity contribution is 14.0. The predicted molar refractivity (Wildman–Crippen MR) is 94.2 cm³/mol. The van der Waals surface area contributed by atoms with Gasteiger partial charge in [-0.1, -0.05) is 6.07 Å². The maximum absolute atomic E-state index is 5.21. The monoisotopic (exact) mass is 417 g/mol. The number of aryl methyl sites for hydroxylation is 1. The number of halogens is 1. The van der Waals surface area contributed by atoms with E-state index in [4.69, 9.17) is 4.74 Å². The molecule has 0 atom stereocenters. The molecule has 0 fully saturated rings. The highest BCUT2D eigenvalue weighted by Gasteiger charge is 2.06. The van der Waals surface area contributed by atoms with Crippen molar-refractivity contribution in [1.29, 1.82) is 0 Å². The molecule has 0 aliphatic carbocycles. The number of ether oxygens (including phenoxy) is 1. The fourth-order valence-electron chi connectivity index (χ4n) is 1.78. The molecule has 22 heavy (non-hydrogen) atoms. The van der Waals surface area contributed by atoms with Gasteiger partial charge in [0.05, 0.1) is 13.7 Å². The summed E-state index contributed by atoms with van der Waals surface area (Å²) in [5.74, 6) is 2.11. The SMILES string of the molecule is CN=C(NCc1cccnc1OC)NCc1ncnn1C.I. The van der Waals surface area contributed by atoms with Gasteiger partial charge in [0.15, 0.2) is 5.96 Å². The van der Waals surface area contributed by atoms with Crippen LogP contribution >= 0.6 is 24.0 Å². The lowest BCUT2D eigenvalue weighted by Gasteiger charge is -2.12. The van der Waals surface area contributed by atoms with Gasteiger partial charge in [-0.15, -0.1) is 24.0 Å². The molecule has 2 aromatic heterocycles. The molecule has 0 aromatic carbocycles. The number of hydrogen-bond donors (Lipinski definition) is 2. The van der Waals surface area contributed by atoms with Gasteiger partial charge in [-0.3, -0.25) is 9.67 Å². The third kappa shape index (κ3) is 4.83. The summed E-state index contributed by atoms with van der Waals surface area (Å²) in [5, 5.41) is 10.4. The van der Waals surface area contributed by atoms with Crippen molar-refractivity contribution < 1.29 is 4.74 Å². The molecule has 2 N–H and O–H groups in total. The van der Waals surface area contributed by atoms with Crippen LogP contribution in [0.4, 0.5) is 0 Å². The lowest BCUT2D eigenvalue weighted by molar-refractivity contribution is 0.392. The zero-order chi connectivity index (χ0) is 15.1. The quantitative estimate of drug-likeness (QED) is 0.423. The van der Waals surface area contributed by atoms with Crippen molar-refractivity contribution in [2.75, 3.05) is 14.2 Å². The second-order valence-electron chi connectivity index (χ2n) is 4.25. The van der Waals surface area contributed by atoms with E-state index >= 15 is 0 Å². The summed E-state index contributed by atoms with van der Waals surface area (Å²) < 4.78 is 6.93. The van der Waals surface area contributed by atoms with Crippen LogP contribution in [0.3, 0.4) is 0 Å². The number of rotatable bonds is 5. The average molecular weight is 417 g/mol. The Hall–Kier alpha value is -1.91. The molecule has 0 saturated heterocycles. The van der Waals surface area contributed by atoms with Crippen molar-refractivity contribution in [3.63, 3.8) is 0 Å². The molecule has 9 heteroatoms. The van der Waals surface area contributed by atoms with Crippen LogP contribution in [0.5, 0.6) is 5.88 Å². The summed E-state index contributed by atoms with van der Waals surface area (Å²) in [4.78, 5) is 12.5.